The Labute approximate surface area is 139 Å². The van der Waals surface area contributed by atoms with Gasteiger partial charge in [0.05, 0.1) is 12.1 Å². The van der Waals surface area contributed by atoms with Gasteiger partial charge in [0.2, 0.25) is 12.2 Å². The van der Waals surface area contributed by atoms with E-state index in [1.165, 1.54) is 13.8 Å². The van der Waals surface area contributed by atoms with Crippen molar-refractivity contribution in [2.75, 3.05) is 13.2 Å². The molecule has 0 aromatic rings. The zero-order valence-corrected chi connectivity index (χ0v) is 14.1. The number of amides is 1. The van der Waals surface area contributed by atoms with Gasteiger partial charge in [-0.15, -0.1) is 0 Å². The van der Waals surface area contributed by atoms with E-state index in [2.05, 4.69) is 15.3 Å². The quantitative estimate of drug-likeness (QED) is 0.329. The van der Waals surface area contributed by atoms with E-state index in [0.29, 0.717) is 0 Å². The molecule has 0 saturated carbocycles. The number of rotatable bonds is 6. The van der Waals surface area contributed by atoms with Gasteiger partial charge in [0.25, 0.3) is 0 Å². The van der Waals surface area contributed by atoms with Gasteiger partial charge in [-0.25, -0.2) is 0 Å². The highest BCUT2D eigenvalue weighted by Crippen LogP contribution is 2.31. The molecule has 1 fully saturated rings. The lowest BCUT2D eigenvalue weighted by molar-refractivity contribution is -0.238. The molecule has 0 bridgehead atoms. The summed E-state index contributed by atoms with van der Waals surface area (Å²) in [5.41, 5.74) is 8.27. The highest BCUT2D eigenvalue weighted by atomic mass is 16.7. The normalized spacial score (nSPS) is 29.1. The zero-order valence-electron chi connectivity index (χ0n) is 14.1. The summed E-state index contributed by atoms with van der Waals surface area (Å²) in [5, 5.41) is 5.85. The Kier molecular flexibility index (Phi) is 7.47. The molecule has 0 aromatic carbocycles. The van der Waals surface area contributed by atoms with Crippen LogP contribution in [0.2, 0.25) is 0 Å². The first-order valence-electron chi connectivity index (χ1n) is 7.52. The topological polar surface area (TPSA) is 140 Å². The third-order valence-electron chi connectivity index (χ3n) is 3.92. The number of carbonyl (C=O) groups excluding carboxylic acids is 3. The lowest BCUT2D eigenvalue weighted by Crippen LogP contribution is -2.59. The van der Waals surface area contributed by atoms with Crippen molar-refractivity contribution in [3.8, 4) is 0 Å². The van der Waals surface area contributed by atoms with E-state index in [1.807, 2.05) is 13.8 Å². The van der Waals surface area contributed by atoms with Crippen LogP contribution in [0.5, 0.6) is 0 Å². The van der Waals surface area contributed by atoms with Crippen LogP contribution in [0, 0.1) is 11.8 Å². The minimum absolute atomic E-state index is 0.0258. The first-order valence-corrected chi connectivity index (χ1v) is 7.52. The monoisotopic (exact) mass is 342 g/mol. The number of esters is 2. The molecule has 1 rings (SSSR count). The summed E-state index contributed by atoms with van der Waals surface area (Å²) in [6.45, 7) is 5.93. The van der Waals surface area contributed by atoms with Crippen LogP contribution < -0.4 is 5.32 Å². The van der Waals surface area contributed by atoms with Gasteiger partial charge in [0, 0.05) is 18.8 Å². The SMILES string of the molecule is CC(=O)OCC1OC(OC(C)=O)C(NC(=O)CN=[N+]=[N-])[C@@H](C)[C@H]1C. The Morgan fingerprint density at radius 3 is 2.42 bits per heavy atom. The standard InChI is InChI=1S/C14H22N4O6/c1-7-8(2)13(17-12(21)5-16-18-15)14(23-10(4)20)24-11(7)6-22-9(3)19/h7-8,11,13-14H,5-6H2,1-4H3,(H,17,21)/t7-,8+,11?,13?,14?/m1/s1. The highest BCUT2D eigenvalue weighted by Gasteiger charge is 2.44. The summed E-state index contributed by atoms with van der Waals surface area (Å²) in [4.78, 5) is 36.6. The number of hydrogen-bond acceptors (Lipinski definition) is 7. The average Bonchev–Trinajstić information content (AvgIpc) is 2.50. The van der Waals surface area contributed by atoms with Crippen molar-refractivity contribution in [1.82, 2.24) is 5.32 Å². The van der Waals surface area contributed by atoms with Crippen molar-refractivity contribution in [2.24, 2.45) is 17.0 Å². The average molecular weight is 342 g/mol. The van der Waals surface area contributed by atoms with Crippen molar-refractivity contribution in [3.63, 3.8) is 0 Å². The van der Waals surface area contributed by atoms with Crippen molar-refractivity contribution in [3.05, 3.63) is 10.4 Å². The summed E-state index contributed by atoms with van der Waals surface area (Å²) in [6.07, 6.45) is -1.50. The molecule has 0 radical (unpaired) electrons. The van der Waals surface area contributed by atoms with E-state index in [0.717, 1.165) is 0 Å². The summed E-state index contributed by atoms with van der Waals surface area (Å²) >= 11 is 0. The lowest BCUT2D eigenvalue weighted by Gasteiger charge is -2.43. The van der Waals surface area contributed by atoms with Crippen LogP contribution >= 0.6 is 0 Å². The maximum absolute atomic E-state index is 11.8. The van der Waals surface area contributed by atoms with E-state index < -0.39 is 36.3 Å². The Morgan fingerprint density at radius 1 is 1.21 bits per heavy atom. The molecule has 3 unspecified atom stereocenters. The molecule has 1 amide bonds. The number of hydrogen-bond donors (Lipinski definition) is 1. The summed E-state index contributed by atoms with van der Waals surface area (Å²) < 4.78 is 15.8. The Bertz CT molecular complexity index is 533. The molecular weight excluding hydrogens is 320 g/mol. The maximum atomic E-state index is 11.8. The van der Waals surface area contributed by atoms with Gasteiger partial charge in [-0.05, 0) is 17.4 Å². The van der Waals surface area contributed by atoms with Gasteiger partial charge in [-0.2, -0.15) is 0 Å². The van der Waals surface area contributed by atoms with Crippen LogP contribution in [-0.4, -0.2) is 49.4 Å². The van der Waals surface area contributed by atoms with E-state index in [9.17, 15) is 14.4 Å². The molecule has 1 aliphatic rings. The smallest absolute Gasteiger partial charge is 0.305 e. The summed E-state index contributed by atoms with van der Waals surface area (Å²) in [6, 6.07) is -0.612. The van der Waals surface area contributed by atoms with Crippen LogP contribution in [0.1, 0.15) is 27.7 Å². The van der Waals surface area contributed by atoms with Crippen molar-refractivity contribution in [1.29, 1.82) is 0 Å². The predicted molar refractivity (Wildman–Crippen MR) is 81.3 cm³/mol. The van der Waals surface area contributed by atoms with Crippen molar-refractivity contribution >= 4 is 17.8 Å². The number of ether oxygens (including phenoxy) is 3. The van der Waals surface area contributed by atoms with Gasteiger partial charge >= 0.3 is 11.9 Å². The molecule has 1 N–H and O–H groups in total. The van der Waals surface area contributed by atoms with Crippen LogP contribution in [-0.2, 0) is 28.6 Å². The Hall–Kier alpha value is -2.32. The van der Waals surface area contributed by atoms with Gasteiger partial charge in [-0.3, -0.25) is 14.4 Å². The number of nitrogens with one attached hydrogen (secondary N) is 1. The zero-order chi connectivity index (χ0) is 18.3. The molecule has 1 aliphatic heterocycles. The number of carbonyl (C=O) groups is 3. The Balaban J connectivity index is 2.87. The maximum Gasteiger partial charge on any atom is 0.305 e. The van der Waals surface area contributed by atoms with Gasteiger partial charge < -0.3 is 19.5 Å². The minimum atomic E-state index is -1.02. The first-order chi connectivity index (χ1) is 11.3. The fraction of sp³-hybridized carbons (Fsp3) is 0.786. The fourth-order valence-corrected chi connectivity index (χ4v) is 2.48. The number of nitrogens with zero attached hydrogens (tertiary/aromatic N) is 3. The minimum Gasteiger partial charge on any atom is -0.463 e. The molecule has 0 aliphatic carbocycles. The first kappa shape index (κ1) is 19.7. The molecule has 134 valence electrons. The van der Waals surface area contributed by atoms with Crippen molar-refractivity contribution in [2.45, 2.75) is 46.1 Å². The van der Waals surface area contributed by atoms with Crippen LogP contribution in [0.25, 0.3) is 10.4 Å². The third kappa shape index (κ3) is 5.71. The largest absolute Gasteiger partial charge is 0.463 e. The molecule has 1 saturated heterocycles. The fourth-order valence-electron chi connectivity index (χ4n) is 2.48. The summed E-state index contributed by atoms with van der Waals surface area (Å²) in [5.74, 6) is -1.73. The molecular formula is C14H22N4O6. The molecule has 0 spiro atoms. The van der Waals surface area contributed by atoms with Crippen LogP contribution in [0.3, 0.4) is 0 Å². The van der Waals surface area contributed by atoms with Gasteiger partial charge in [0.1, 0.15) is 13.2 Å². The predicted octanol–water partition coefficient (Wildman–Crippen LogP) is 0.905. The third-order valence-corrected chi connectivity index (χ3v) is 3.92. The van der Waals surface area contributed by atoms with Gasteiger partial charge in [0.15, 0.2) is 0 Å². The molecule has 24 heavy (non-hydrogen) atoms. The molecule has 10 nitrogen and oxygen atoms in total. The molecule has 5 atom stereocenters. The second-order valence-electron chi connectivity index (χ2n) is 5.66. The molecule has 10 heteroatoms. The summed E-state index contributed by atoms with van der Waals surface area (Å²) in [7, 11) is 0. The highest BCUT2D eigenvalue weighted by molar-refractivity contribution is 5.78. The second-order valence-corrected chi connectivity index (χ2v) is 5.66. The molecule has 0 aromatic heterocycles. The lowest BCUT2D eigenvalue weighted by atomic mass is 9.82. The van der Waals surface area contributed by atoms with E-state index in [4.69, 9.17) is 19.7 Å². The second kappa shape index (κ2) is 9.09. The van der Waals surface area contributed by atoms with Crippen molar-refractivity contribution < 1.29 is 28.6 Å². The number of azide groups is 1. The van der Waals surface area contributed by atoms with Gasteiger partial charge in [-0.1, -0.05) is 19.0 Å². The van der Waals surface area contributed by atoms with E-state index >= 15 is 0 Å². The van der Waals surface area contributed by atoms with E-state index in [1.54, 1.807) is 0 Å². The van der Waals surface area contributed by atoms with E-state index in [-0.39, 0.29) is 25.0 Å². The Morgan fingerprint density at radius 2 is 1.88 bits per heavy atom. The van der Waals surface area contributed by atoms with Crippen LogP contribution in [0.15, 0.2) is 5.11 Å². The van der Waals surface area contributed by atoms with Crippen LogP contribution in [0.4, 0.5) is 0 Å². The molecule has 1 heterocycles.